The van der Waals surface area contributed by atoms with Crippen LogP contribution >= 0.6 is 23.1 Å². The Morgan fingerprint density at radius 2 is 1.96 bits per heavy atom. The largest absolute Gasteiger partial charge is 0.326 e. The Kier molecular flexibility index (Phi) is 6.77. The number of anilines is 2. The van der Waals surface area contributed by atoms with Crippen molar-refractivity contribution in [2.24, 2.45) is 5.41 Å². The highest BCUT2D eigenvalue weighted by Gasteiger charge is 2.18. The van der Waals surface area contributed by atoms with Gasteiger partial charge >= 0.3 is 0 Å². The van der Waals surface area contributed by atoms with E-state index < -0.39 is 0 Å². The number of rotatable bonds is 6. The number of aromatic nitrogens is 2. The molecule has 140 valence electrons. The molecule has 2 amide bonds. The number of carbonyl (C=O) groups is 2. The van der Waals surface area contributed by atoms with Crippen LogP contribution in [0.2, 0.25) is 0 Å². The number of thioether (sulfide) groups is 1. The molecule has 1 unspecified atom stereocenters. The van der Waals surface area contributed by atoms with Gasteiger partial charge in [-0.15, -0.1) is 22.0 Å². The predicted molar refractivity (Wildman–Crippen MR) is 108 cm³/mol. The molecular formula is C18H24N4O2S2. The van der Waals surface area contributed by atoms with Crippen molar-refractivity contribution >= 4 is 45.7 Å². The molecular weight excluding hydrogens is 368 g/mol. The van der Waals surface area contributed by atoms with Crippen molar-refractivity contribution in [3.63, 3.8) is 0 Å². The maximum absolute atomic E-state index is 12.3. The third kappa shape index (κ3) is 6.76. The molecule has 2 aromatic rings. The van der Waals surface area contributed by atoms with Crippen LogP contribution in [0.3, 0.4) is 0 Å². The number of nitrogens with one attached hydrogen (secondary N) is 2. The van der Waals surface area contributed by atoms with Crippen LogP contribution in [0.25, 0.3) is 0 Å². The highest BCUT2D eigenvalue weighted by Crippen LogP contribution is 2.27. The molecule has 2 rings (SSSR count). The summed E-state index contributed by atoms with van der Waals surface area (Å²) in [5.74, 6) is -0.148. The first-order chi connectivity index (χ1) is 12.1. The fraction of sp³-hybridized carbons (Fsp3) is 0.444. The minimum absolute atomic E-state index is 0.0166. The van der Waals surface area contributed by atoms with Crippen molar-refractivity contribution in [1.29, 1.82) is 0 Å². The van der Waals surface area contributed by atoms with E-state index >= 15 is 0 Å². The average Bonchev–Trinajstić information content (AvgIpc) is 2.90. The lowest BCUT2D eigenvalue weighted by molar-refractivity contribution is -0.118. The van der Waals surface area contributed by atoms with Crippen molar-refractivity contribution in [1.82, 2.24) is 10.2 Å². The normalized spacial score (nSPS) is 12.5. The zero-order valence-electron chi connectivity index (χ0n) is 15.6. The summed E-state index contributed by atoms with van der Waals surface area (Å²) in [5.41, 5.74) is 0.670. The van der Waals surface area contributed by atoms with E-state index in [0.717, 1.165) is 15.6 Å². The van der Waals surface area contributed by atoms with Crippen LogP contribution in [0.5, 0.6) is 0 Å². The van der Waals surface area contributed by atoms with E-state index in [9.17, 15) is 9.59 Å². The van der Waals surface area contributed by atoms with Gasteiger partial charge in [0.2, 0.25) is 16.9 Å². The van der Waals surface area contributed by atoms with Gasteiger partial charge in [0.25, 0.3) is 0 Å². The van der Waals surface area contributed by atoms with E-state index in [1.807, 2.05) is 58.9 Å². The summed E-state index contributed by atoms with van der Waals surface area (Å²) in [4.78, 5) is 25.3. The average molecular weight is 393 g/mol. The van der Waals surface area contributed by atoms with Gasteiger partial charge in [-0.1, -0.05) is 38.2 Å². The van der Waals surface area contributed by atoms with E-state index in [2.05, 4.69) is 20.8 Å². The SMILES string of the molecule is Cc1nnc(NC(=O)C(C)Sc2cccc(NC(=O)CC(C)(C)C)c2)s1. The molecule has 0 spiro atoms. The fourth-order valence-corrected chi connectivity index (χ4v) is 3.67. The third-order valence-corrected chi connectivity index (χ3v) is 5.09. The van der Waals surface area contributed by atoms with Crippen molar-refractivity contribution in [3.8, 4) is 0 Å². The van der Waals surface area contributed by atoms with Gasteiger partial charge in [0.15, 0.2) is 0 Å². The van der Waals surface area contributed by atoms with E-state index in [-0.39, 0.29) is 22.5 Å². The van der Waals surface area contributed by atoms with E-state index in [0.29, 0.717) is 11.6 Å². The quantitative estimate of drug-likeness (QED) is 0.715. The van der Waals surface area contributed by atoms with Gasteiger partial charge in [-0.05, 0) is 37.5 Å². The van der Waals surface area contributed by atoms with Crippen LogP contribution < -0.4 is 10.6 Å². The number of hydrogen-bond acceptors (Lipinski definition) is 6. The maximum Gasteiger partial charge on any atom is 0.239 e. The molecule has 0 fully saturated rings. The first kappa shape index (κ1) is 20.4. The van der Waals surface area contributed by atoms with Crippen LogP contribution in [0.4, 0.5) is 10.8 Å². The van der Waals surface area contributed by atoms with Crippen LogP contribution in [0, 0.1) is 12.3 Å². The molecule has 0 radical (unpaired) electrons. The lowest BCUT2D eigenvalue weighted by atomic mass is 9.92. The smallest absolute Gasteiger partial charge is 0.239 e. The Hall–Kier alpha value is -1.93. The Morgan fingerprint density at radius 3 is 2.58 bits per heavy atom. The minimum atomic E-state index is -0.306. The highest BCUT2D eigenvalue weighted by molar-refractivity contribution is 8.00. The first-order valence-electron chi connectivity index (χ1n) is 8.30. The zero-order chi connectivity index (χ0) is 19.3. The molecule has 0 aliphatic carbocycles. The Labute approximate surface area is 162 Å². The van der Waals surface area contributed by atoms with Gasteiger partial charge in [0, 0.05) is 17.0 Å². The Bertz CT molecular complexity index is 783. The van der Waals surface area contributed by atoms with Crippen molar-refractivity contribution < 1.29 is 9.59 Å². The highest BCUT2D eigenvalue weighted by atomic mass is 32.2. The van der Waals surface area contributed by atoms with Crippen molar-refractivity contribution in [2.75, 3.05) is 10.6 Å². The molecule has 2 N–H and O–H groups in total. The van der Waals surface area contributed by atoms with Gasteiger partial charge < -0.3 is 5.32 Å². The number of nitrogens with zero attached hydrogens (tertiary/aromatic N) is 2. The number of aryl methyl sites for hydroxylation is 1. The molecule has 8 heteroatoms. The summed E-state index contributed by atoms with van der Waals surface area (Å²) >= 11 is 2.77. The van der Waals surface area contributed by atoms with Gasteiger partial charge in [-0.2, -0.15) is 0 Å². The Balaban J connectivity index is 1.94. The summed E-state index contributed by atoms with van der Waals surface area (Å²) in [5, 5.41) is 14.5. The standard InChI is InChI=1S/C18H24N4O2S2/c1-11(16(24)20-17-22-21-12(2)26-17)25-14-8-6-7-13(9-14)19-15(23)10-18(3,4)5/h6-9,11H,10H2,1-5H3,(H,19,23)(H,20,22,24). The number of carbonyl (C=O) groups excluding carboxylic acids is 2. The number of amides is 2. The topological polar surface area (TPSA) is 84.0 Å². The summed E-state index contributed by atoms with van der Waals surface area (Å²) in [7, 11) is 0. The number of hydrogen-bond donors (Lipinski definition) is 2. The molecule has 0 bridgehead atoms. The molecule has 1 aromatic heterocycles. The summed E-state index contributed by atoms with van der Waals surface area (Å²) in [6, 6.07) is 7.51. The summed E-state index contributed by atoms with van der Waals surface area (Å²) in [6.07, 6.45) is 0.449. The second kappa shape index (κ2) is 8.64. The van der Waals surface area contributed by atoms with Gasteiger partial charge in [0.05, 0.1) is 5.25 Å². The van der Waals surface area contributed by atoms with Crippen LogP contribution in [-0.2, 0) is 9.59 Å². The molecule has 26 heavy (non-hydrogen) atoms. The minimum Gasteiger partial charge on any atom is -0.326 e. The van der Waals surface area contributed by atoms with E-state index in [1.165, 1.54) is 23.1 Å². The second-order valence-corrected chi connectivity index (χ2v) is 9.78. The van der Waals surface area contributed by atoms with Crippen molar-refractivity contribution in [3.05, 3.63) is 29.3 Å². The zero-order valence-corrected chi connectivity index (χ0v) is 17.3. The van der Waals surface area contributed by atoms with Crippen LogP contribution in [0.15, 0.2) is 29.2 Å². The molecule has 1 atom stereocenters. The molecule has 1 heterocycles. The summed E-state index contributed by atoms with van der Waals surface area (Å²) < 4.78 is 0. The number of benzene rings is 1. The predicted octanol–water partition coefficient (Wildman–Crippen LogP) is 4.34. The van der Waals surface area contributed by atoms with E-state index in [4.69, 9.17) is 0 Å². The molecule has 0 aliphatic heterocycles. The fourth-order valence-electron chi connectivity index (χ4n) is 2.15. The van der Waals surface area contributed by atoms with Gasteiger partial charge in [-0.25, -0.2) is 0 Å². The Morgan fingerprint density at radius 1 is 1.23 bits per heavy atom. The third-order valence-electron chi connectivity index (χ3n) is 3.25. The second-order valence-electron chi connectivity index (χ2n) is 7.19. The van der Waals surface area contributed by atoms with E-state index in [1.54, 1.807) is 0 Å². The summed E-state index contributed by atoms with van der Waals surface area (Å²) in [6.45, 7) is 9.75. The van der Waals surface area contributed by atoms with Crippen molar-refractivity contribution in [2.45, 2.75) is 51.2 Å². The van der Waals surface area contributed by atoms with Crippen LogP contribution in [-0.4, -0.2) is 27.3 Å². The lowest BCUT2D eigenvalue weighted by Gasteiger charge is -2.17. The van der Waals surface area contributed by atoms with Gasteiger partial charge in [-0.3, -0.25) is 14.9 Å². The van der Waals surface area contributed by atoms with Gasteiger partial charge in [0.1, 0.15) is 5.01 Å². The molecule has 1 aromatic carbocycles. The monoisotopic (exact) mass is 392 g/mol. The van der Waals surface area contributed by atoms with Crippen LogP contribution in [0.1, 0.15) is 39.1 Å². The molecule has 0 saturated carbocycles. The molecule has 0 saturated heterocycles. The molecule has 0 aliphatic rings. The maximum atomic E-state index is 12.3. The first-order valence-corrected chi connectivity index (χ1v) is 9.99. The lowest BCUT2D eigenvalue weighted by Crippen LogP contribution is -2.22. The molecule has 6 nitrogen and oxygen atoms in total.